The molecule has 122 valence electrons. The lowest BCUT2D eigenvalue weighted by atomic mass is 10.2. The maximum absolute atomic E-state index is 12.2. The molecule has 0 unspecified atom stereocenters. The Kier molecular flexibility index (Phi) is 6.56. The molecule has 0 atom stereocenters. The predicted octanol–water partition coefficient (Wildman–Crippen LogP) is 3.35. The summed E-state index contributed by atoms with van der Waals surface area (Å²) >= 11 is 0. The fraction of sp³-hybridized carbons (Fsp3) is 0.611. The fourth-order valence-corrected chi connectivity index (χ4v) is 2.96. The first-order chi connectivity index (χ1) is 10.7. The second-order valence-electron chi connectivity index (χ2n) is 5.98. The molecular weight excluding hydrogens is 274 g/mol. The molecule has 0 saturated carbocycles. The van der Waals surface area contributed by atoms with Crippen LogP contribution in [0.25, 0.3) is 0 Å². The Morgan fingerprint density at radius 1 is 1.09 bits per heavy atom. The zero-order valence-electron chi connectivity index (χ0n) is 14.0. The molecule has 1 aromatic rings. The van der Waals surface area contributed by atoms with Gasteiger partial charge < -0.3 is 15.1 Å². The number of amides is 1. The van der Waals surface area contributed by atoms with Gasteiger partial charge in [0.25, 0.3) is 0 Å². The van der Waals surface area contributed by atoms with Crippen LogP contribution in [0.5, 0.6) is 0 Å². The molecule has 2 rings (SSSR count). The predicted molar refractivity (Wildman–Crippen MR) is 93.5 cm³/mol. The van der Waals surface area contributed by atoms with Crippen molar-refractivity contribution in [2.24, 2.45) is 0 Å². The van der Waals surface area contributed by atoms with E-state index in [-0.39, 0.29) is 5.91 Å². The van der Waals surface area contributed by atoms with Crippen LogP contribution in [0.15, 0.2) is 24.3 Å². The first kappa shape index (κ1) is 16.7. The minimum Gasteiger partial charge on any atom is -0.376 e. The van der Waals surface area contributed by atoms with E-state index in [0.29, 0.717) is 6.54 Å². The van der Waals surface area contributed by atoms with E-state index in [0.717, 1.165) is 44.7 Å². The molecule has 1 N–H and O–H groups in total. The molecule has 0 bridgehead atoms. The standard InChI is InChI=1S/C18H29N3O/c1-3-11-21(12-4-2)18(22)15-19-16-7-9-17(10-8-16)20-13-5-6-14-20/h7-10,19H,3-6,11-15H2,1-2H3. The molecular formula is C18H29N3O. The number of nitrogens with zero attached hydrogens (tertiary/aromatic N) is 2. The Balaban J connectivity index is 1.83. The highest BCUT2D eigenvalue weighted by molar-refractivity contribution is 5.81. The van der Waals surface area contributed by atoms with E-state index >= 15 is 0 Å². The van der Waals surface area contributed by atoms with Gasteiger partial charge >= 0.3 is 0 Å². The zero-order chi connectivity index (χ0) is 15.8. The van der Waals surface area contributed by atoms with E-state index < -0.39 is 0 Å². The van der Waals surface area contributed by atoms with Crippen molar-refractivity contribution >= 4 is 17.3 Å². The summed E-state index contributed by atoms with van der Waals surface area (Å²) < 4.78 is 0. The Morgan fingerprint density at radius 3 is 2.23 bits per heavy atom. The summed E-state index contributed by atoms with van der Waals surface area (Å²) in [6.45, 7) is 8.62. The smallest absolute Gasteiger partial charge is 0.241 e. The van der Waals surface area contributed by atoms with Crippen LogP contribution >= 0.6 is 0 Å². The minimum atomic E-state index is 0.187. The van der Waals surface area contributed by atoms with Gasteiger partial charge in [0.15, 0.2) is 0 Å². The van der Waals surface area contributed by atoms with Gasteiger partial charge in [0.2, 0.25) is 5.91 Å². The fourth-order valence-electron chi connectivity index (χ4n) is 2.96. The lowest BCUT2D eigenvalue weighted by Gasteiger charge is -2.22. The summed E-state index contributed by atoms with van der Waals surface area (Å²) in [5.74, 6) is 0.187. The molecule has 1 aliphatic heterocycles. The van der Waals surface area contributed by atoms with Crippen LogP contribution in [-0.4, -0.2) is 43.5 Å². The lowest BCUT2D eigenvalue weighted by molar-refractivity contribution is -0.129. The molecule has 0 spiro atoms. The molecule has 1 amide bonds. The average molecular weight is 303 g/mol. The molecule has 0 aromatic heterocycles. The number of nitrogens with one attached hydrogen (secondary N) is 1. The summed E-state index contributed by atoms with van der Waals surface area (Å²) in [5.41, 5.74) is 2.30. The van der Waals surface area contributed by atoms with Gasteiger partial charge in [-0.3, -0.25) is 4.79 Å². The Hall–Kier alpha value is -1.71. The molecule has 1 aromatic carbocycles. The molecule has 1 fully saturated rings. The summed E-state index contributed by atoms with van der Waals surface area (Å²) in [7, 11) is 0. The van der Waals surface area contributed by atoms with Crippen LogP contribution in [-0.2, 0) is 4.79 Å². The molecule has 4 nitrogen and oxygen atoms in total. The summed E-state index contributed by atoms with van der Waals surface area (Å²) in [4.78, 5) is 16.6. The van der Waals surface area contributed by atoms with Crippen LogP contribution < -0.4 is 10.2 Å². The number of benzene rings is 1. The van der Waals surface area contributed by atoms with Crippen molar-refractivity contribution in [3.05, 3.63) is 24.3 Å². The topological polar surface area (TPSA) is 35.6 Å². The van der Waals surface area contributed by atoms with Crippen molar-refractivity contribution in [1.82, 2.24) is 4.90 Å². The van der Waals surface area contributed by atoms with Gasteiger partial charge in [-0.05, 0) is 49.9 Å². The SMILES string of the molecule is CCCN(CCC)C(=O)CNc1ccc(N2CCCC2)cc1. The van der Waals surface area contributed by atoms with E-state index in [1.165, 1.54) is 18.5 Å². The monoisotopic (exact) mass is 303 g/mol. The zero-order valence-corrected chi connectivity index (χ0v) is 14.0. The number of rotatable bonds is 8. The first-order valence-corrected chi connectivity index (χ1v) is 8.61. The van der Waals surface area contributed by atoms with Crippen LogP contribution in [0, 0.1) is 0 Å². The summed E-state index contributed by atoms with van der Waals surface area (Å²) in [6.07, 6.45) is 4.60. The van der Waals surface area contributed by atoms with Crippen LogP contribution in [0.2, 0.25) is 0 Å². The number of carbonyl (C=O) groups excluding carboxylic acids is 1. The third-order valence-electron chi connectivity index (χ3n) is 4.12. The molecule has 1 heterocycles. The van der Waals surface area contributed by atoms with Crippen molar-refractivity contribution < 1.29 is 4.79 Å². The van der Waals surface area contributed by atoms with Crippen LogP contribution in [0.4, 0.5) is 11.4 Å². The lowest BCUT2D eigenvalue weighted by Crippen LogP contribution is -2.36. The molecule has 1 aliphatic rings. The Labute approximate surface area is 134 Å². The normalized spacial score (nSPS) is 14.2. The van der Waals surface area contributed by atoms with E-state index in [1.54, 1.807) is 0 Å². The van der Waals surface area contributed by atoms with Crippen molar-refractivity contribution in [3.8, 4) is 0 Å². The highest BCUT2D eigenvalue weighted by atomic mass is 16.2. The van der Waals surface area contributed by atoms with E-state index in [9.17, 15) is 4.79 Å². The van der Waals surface area contributed by atoms with Crippen molar-refractivity contribution in [3.63, 3.8) is 0 Å². The third-order valence-corrected chi connectivity index (χ3v) is 4.12. The van der Waals surface area contributed by atoms with Gasteiger partial charge in [-0.15, -0.1) is 0 Å². The molecule has 0 aliphatic carbocycles. The van der Waals surface area contributed by atoms with Gasteiger partial charge in [0.1, 0.15) is 0 Å². The van der Waals surface area contributed by atoms with Crippen molar-refractivity contribution in [1.29, 1.82) is 0 Å². The Bertz CT molecular complexity index is 446. The number of anilines is 2. The van der Waals surface area contributed by atoms with Gasteiger partial charge in [-0.1, -0.05) is 13.8 Å². The maximum Gasteiger partial charge on any atom is 0.241 e. The van der Waals surface area contributed by atoms with Gasteiger partial charge in [0, 0.05) is 37.6 Å². The Morgan fingerprint density at radius 2 is 1.68 bits per heavy atom. The van der Waals surface area contributed by atoms with Gasteiger partial charge in [-0.2, -0.15) is 0 Å². The molecule has 1 saturated heterocycles. The first-order valence-electron chi connectivity index (χ1n) is 8.61. The highest BCUT2D eigenvalue weighted by Gasteiger charge is 2.13. The van der Waals surface area contributed by atoms with Crippen LogP contribution in [0.3, 0.4) is 0 Å². The number of carbonyl (C=O) groups is 1. The molecule has 22 heavy (non-hydrogen) atoms. The number of hydrogen-bond acceptors (Lipinski definition) is 3. The van der Waals surface area contributed by atoms with Crippen molar-refractivity contribution in [2.75, 3.05) is 42.9 Å². The second-order valence-corrected chi connectivity index (χ2v) is 5.98. The molecule has 0 radical (unpaired) electrons. The third kappa shape index (κ3) is 4.65. The van der Waals surface area contributed by atoms with E-state index in [1.807, 2.05) is 4.90 Å². The van der Waals surface area contributed by atoms with Gasteiger partial charge in [-0.25, -0.2) is 0 Å². The summed E-state index contributed by atoms with van der Waals surface area (Å²) in [6, 6.07) is 8.44. The second kappa shape index (κ2) is 8.66. The quantitative estimate of drug-likeness (QED) is 0.800. The maximum atomic E-state index is 12.2. The number of hydrogen-bond donors (Lipinski definition) is 1. The van der Waals surface area contributed by atoms with E-state index in [4.69, 9.17) is 0 Å². The summed E-state index contributed by atoms with van der Waals surface area (Å²) in [5, 5.41) is 3.25. The molecule has 4 heteroatoms. The average Bonchev–Trinajstić information content (AvgIpc) is 3.07. The van der Waals surface area contributed by atoms with Crippen LogP contribution in [0.1, 0.15) is 39.5 Å². The largest absolute Gasteiger partial charge is 0.376 e. The van der Waals surface area contributed by atoms with E-state index in [2.05, 4.69) is 48.3 Å². The van der Waals surface area contributed by atoms with Crippen molar-refractivity contribution in [2.45, 2.75) is 39.5 Å². The van der Waals surface area contributed by atoms with Gasteiger partial charge in [0.05, 0.1) is 6.54 Å². The minimum absolute atomic E-state index is 0.187. The highest BCUT2D eigenvalue weighted by Crippen LogP contribution is 2.21.